The van der Waals surface area contributed by atoms with Gasteiger partial charge in [-0.3, -0.25) is 4.79 Å². The largest absolute Gasteiger partial charge is 0.416 e. The number of nitrogens with zero attached hydrogens (tertiary/aromatic N) is 2. The first-order valence-corrected chi connectivity index (χ1v) is 5.62. The number of aryl methyl sites for hydroxylation is 1. The van der Waals surface area contributed by atoms with Gasteiger partial charge < -0.3 is 4.42 Å². The van der Waals surface area contributed by atoms with Gasteiger partial charge in [0, 0.05) is 17.4 Å². The third kappa shape index (κ3) is 2.25. The van der Waals surface area contributed by atoms with Crippen molar-refractivity contribution in [1.29, 1.82) is 0 Å². The summed E-state index contributed by atoms with van der Waals surface area (Å²) >= 11 is 7.18. The van der Waals surface area contributed by atoms with E-state index in [-0.39, 0.29) is 0 Å². The van der Waals surface area contributed by atoms with Crippen LogP contribution in [-0.4, -0.2) is 16.5 Å². The standard InChI is InChI=1S/C10H7ClN2O2S/c1-6-12-13-10(15-6)16-9-7(5-14)3-2-4-8(9)11/h2-5H,1H3. The minimum Gasteiger partial charge on any atom is -0.416 e. The van der Waals surface area contributed by atoms with Crippen LogP contribution >= 0.6 is 23.4 Å². The van der Waals surface area contributed by atoms with E-state index in [1.807, 2.05) is 0 Å². The van der Waals surface area contributed by atoms with E-state index in [1.165, 1.54) is 11.8 Å². The topological polar surface area (TPSA) is 56.0 Å². The van der Waals surface area contributed by atoms with Crippen LogP contribution < -0.4 is 0 Å². The van der Waals surface area contributed by atoms with Crippen LogP contribution in [0.4, 0.5) is 0 Å². The molecule has 0 spiro atoms. The molecule has 0 unspecified atom stereocenters. The van der Waals surface area contributed by atoms with E-state index >= 15 is 0 Å². The van der Waals surface area contributed by atoms with Crippen molar-refractivity contribution in [2.75, 3.05) is 0 Å². The molecule has 0 saturated heterocycles. The van der Waals surface area contributed by atoms with Gasteiger partial charge in [-0.05, 0) is 17.8 Å². The maximum Gasteiger partial charge on any atom is 0.281 e. The number of carbonyl (C=O) groups excluding carboxylic acids is 1. The molecule has 2 aromatic rings. The van der Waals surface area contributed by atoms with Crippen molar-refractivity contribution in [1.82, 2.24) is 10.2 Å². The normalized spacial score (nSPS) is 10.4. The summed E-state index contributed by atoms with van der Waals surface area (Å²) in [5.41, 5.74) is 0.508. The SMILES string of the molecule is Cc1nnc(Sc2c(Cl)cccc2C=O)o1. The van der Waals surface area contributed by atoms with Crippen LogP contribution in [0.2, 0.25) is 5.02 Å². The van der Waals surface area contributed by atoms with E-state index in [1.54, 1.807) is 25.1 Å². The van der Waals surface area contributed by atoms with Crippen molar-refractivity contribution in [2.24, 2.45) is 0 Å². The summed E-state index contributed by atoms with van der Waals surface area (Å²) in [6, 6.07) is 5.11. The summed E-state index contributed by atoms with van der Waals surface area (Å²) in [5.74, 6) is 0.474. The highest BCUT2D eigenvalue weighted by molar-refractivity contribution is 7.99. The zero-order chi connectivity index (χ0) is 11.5. The number of hydrogen-bond acceptors (Lipinski definition) is 5. The number of aromatic nitrogens is 2. The highest BCUT2D eigenvalue weighted by atomic mass is 35.5. The van der Waals surface area contributed by atoms with E-state index in [9.17, 15) is 4.79 Å². The Bertz CT molecular complexity index is 527. The quantitative estimate of drug-likeness (QED) is 0.788. The zero-order valence-electron chi connectivity index (χ0n) is 8.31. The third-order valence-electron chi connectivity index (χ3n) is 1.82. The Morgan fingerprint density at radius 2 is 2.25 bits per heavy atom. The van der Waals surface area contributed by atoms with E-state index in [0.717, 1.165) is 6.29 Å². The molecule has 16 heavy (non-hydrogen) atoms. The molecule has 1 heterocycles. The predicted molar refractivity (Wildman–Crippen MR) is 60.0 cm³/mol. The number of benzene rings is 1. The molecule has 0 aliphatic rings. The Morgan fingerprint density at radius 3 is 2.88 bits per heavy atom. The van der Waals surface area contributed by atoms with Crippen molar-refractivity contribution < 1.29 is 9.21 Å². The predicted octanol–water partition coefficient (Wildman–Crippen LogP) is 3.00. The van der Waals surface area contributed by atoms with E-state index in [4.69, 9.17) is 16.0 Å². The molecule has 2 rings (SSSR count). The van der Waals surface area contributed by atoms with Crippen LogP contribution in [0.1, 0.15) is 16.2 Å². The van der Waals surface area contributed by atoms with E-state index in [2.05, 4.69) is 10.2 Å². The lowest BCUT2D eigenvalue weighted by atomic mass is 10.2. The first-order chi connectivity index (χ1) is 7.70. The molecule has 0 atom stereocenters. The molecule has 0 fully saturated rings. The van der Waals surface area contributed by atoms with Crippen LogP contribution in [0.3, 0.4) is 0 Å². The molecule has 1 aromatic heterocycles. The molecule has 82 valence electrons. The average molecular weight is 255 g/mol. The monoisotopic (exact) mass is 254 g/mol. The molecular weight excluding hydrogens is 248 g/mol. The Labute approximate surface area is 101 Å². The van der Waals surface area contributed by atoms with Crippen LogP contribution in [0.25, 0.3) is 0 Å². The van der Waals surface area contributed by atoms with Gasteiger partial charge >= 0.3 is 0 Å². The van der Waals surface area contributed by atoms with E-state index in [0.29, 0.717) is 26.6 Å². The minimum atomic E-state index is 0.369. The van der Waals surface area contributed by atoms with Crippen molar-refractivity contribution in [3.05, 3.63) is 34.7 Å². The fraction of sp³-hybridized carbons (Fsp3) is 0.100. The molecule has 6 heteroatoms. The number of halogens is 1. The Kier molecular flexibility index (Phi) is 3.26. The lowest BCUT2D eigenvalue weighted by molar-refractivity contribution is 0.112. The molecule has 0 aliphatic carbocycles. The molecule has 4 nitrogen and oxygen atoms in total. The van der Waals surface area contributed by atoms with Crippen molar-refractivity contribution in [2.45, 2.75) is 17.0 Å². The highest BCUT2D eigenvalue weighted by Crippen LogP contribution is 2.34. The molecule has 1 aromatic carbocycles. The summed E-state index contributed by atoms with van der Waals surface area (Å²) in [6.45, 7) is 1.70. The first kappa shape index (κ1) is 11.2. The maximum atomic E-state index is 10.8. The van der Waals surface area contributed by atoms with Gasteiger partial charge in [0.15, 0.2) is 6.29 Å². The number of aldehydes is 1. The summed E-state index contributed by atoms with van der Waals surface area (Å²) in [6.07, 6.45) is 0.747. The average Bonchev–Trinajstić information content (AvgIpc) is 2.67. The number of carbonyl (C=O) groups is 1. The lowest BCUT2D eigenvalue weighted by Gasteiger charge is -2.02. The fourth-order valence-corrected chi connectivity index (χ4v) is 2.25. The first-order valence-electron chi connectivity index (χ1n) is 4.42. The molecule has 0 bridgehead atoms. The van der Waals surface area contributed by atoms with Crippen molar-refractivity contribution in [3.63, 3.8) is 0 Å². The van der Waals surface area contributed by atoms with Crippen LogP contribution in [0.5, 0.6) is 0 Å². The lowest BCUT2D eigenvalue weighted by Crippen LogP contribution is -1.86. The molecule has 0 N–H and O–H groups in total. The summed E-state index contributed by atoms with van der Waals surface area (Å²) in [5, 5.41) is 8.39. The van der Waals surface area contributed by atoms with Crippen molar-refractivity contribution in [3.8, 4) is 0 Å². The van der Waals surface area contributed by atoms with Gasteiger partial charge in [-0.2, -0.15) is 0 Å². The Morgan fingerprint density at radius 1 is 1.44 bits per heavy atom. The summed E-state index contributed by atoms with van der Waals surface area (Å²) in [4.78, 5) is 11.5. The van der Waals surface area contributed by atoms with Gasteiger partial charge in [-0.15, -0.1) is 10.2 Å². The van der Waals surface area contributed by atoms with Gasteiger partial charge in [0.2, 0.25) is 5.89 Å². The fourth-order valence-electron chi connectivity index (χ4n) is 1.13. The van der Waals surface area contributed by atoms with Gasteiger partial charge in [-0.25, -0.2) is 0 Å². The molecule has 0 saturated carbocycles. The van der Waals surface area contributed by atoms with Crippen LogP contribution in [0, 0.1) is 6.92 Å². The molecule has 0 amide bonds. The zero-order valence-corrected chi connectivity index (χ0v) is 9.88. The smallest absolute Gasteiger partial charge is 0.281 e. The Hall–Kier alpha value is -1.33. The van der Waals surface area contributed by atoms with Gasteiger partial charge in [0.05, 0.1) is 5.02 Å². The summed E-state index contributed by atoms with van der Waals surface area (Å²) < 4.78 is 5.21. The molecular formula is C10H7ClN2O2S. The third-order valence-corrected chi connectivity index (χ3v) is 3.25. The highest BCUT2D eigenvalue weighted by Gasteiger charge is 2.12. The second-order valence-corrected chi connectivity index (χ2v) is 4.33. The summed E-state index contributed by atoms with van der Waals surface area (Å²) in [7, 11) is 0. The van der Waals surface area contributed by atoms with Crippen molar-refractivity contribution >= 4 is 29.6 Å². The van der Waals surface area contributed by atoms with E-state index < -0.39 is 0 Å². The number of hydrogen-bond donors (Lipinski definition) is 0. The minimum absolute atomic E-state index is 0.369. The second kappa shape index (κ2) is 4.67. The van der Waals surface area contributed by atoms with Gasteiger partial charge in [0.25, 0.3) is 5.22 Å². The van der Waals surface area contributed by atoms with Gasteiger partial charge in [-0.1, -0.05) is 23.7 Å². The Balaban J connectivity index is 2.37. The molecule has 0 radical (unpaired) electrons. The van der Waals surface area contributed by atoms with Crippen LogP contribution in [-0.2, 0) is 0 Å². The number of rotatable bonds is 3. The molecule has 0 aliphatic heterocycles. The second-order valence-electron chi connectivity index (χ2n) is 2.97. The van der Waals surface area contributed by atoms with Crippen LogP contribution in [0.15, 0.2) is 32.7 Å². The van der Waals surface area contributed by atoms with Gasteiger partial charge in [0.1, 0.15) is 0 Å². The maximum absolute atomic E-state index is 10.8.